The minimum Gasteiger partial charge on any atom is -0.481 e. The second kappa shape index (κ2) is 8.70. The van der Waals surface area contributed by atoms with E-state index in [0.29, 0.717) is 12.8 Å². The minimum atomic E-state index is -0.973. The normalized spacial score (nSPS) is 11.6. The lowest BCUT2D eigenvalue weighted by Gasteiger charge is -2.11. The molecule has 6 heteroatoms. The van der Waals surface area contributed by atoms with Crippen LogP contribution < -0.4 is 0 Å². The van der Waals surface area contributed by atoms with Gasteiger partial charge in [0.25, 0.3) is 6.47 Å². The maximum Gasteiger partial charge on any atom is 0.309 e. The summed E-state index contributed by atoms with van der Waals surface area (Å²) in [6.45, 7) is 1.91. The van der Waals surface area contributed by atoms with Crippen LogP contribution in [0.25, 0.3) is 0 Å². The van der Waals surface area contributed by atoms with Crippen molar-refractivity contribution in [1.82, 2.24) is 0 Å². The van der Waals surface area contributed by atoms with E-state index in [1.165, 1.54) is 0 Å². The SMILES string of the molecule is CCCC(COC(=O)CCOC=O)C(=O)O. The molecule has 0 aliphatic rings. The van der Waals surface area contributed by atoms with Gasteiger partial charge in [-0.15, -0.1) is 0 Å². The van der Waals surface area contributed by atoms with Crippen LogP contribution in [-0.4, -0.2) is 36.7 Å². The zero-order valence-electron chi connectivity index (χ0n) is 9.18. The molecule has 0 radical (unpaired) electrons. The van der Waals surface area contributed by atoms with Gasteiger partial charge in [-0.2, -0.15) is 0 Å². The van der Waals surface area contributed by atoms with E-state index in [1.807, 2.05) is 6.92 Å². The third-order valence-corrected chi connectivity index (χ3v) is 1.92. The van der Waals surface area contributed by atoms with Crippen LogP contribution in [0.5, 0.6) is 0 Å². The molecule has 16 heavy (non-hydrogen) atoms. The van der Waals surface area contributed by atoms with E-state index in [0.717, 1.165) is 0 Å². The van der Waals surface area contributed by atoms with Crippen molar-refractivity contribution in [3.8, 4) is 0 Å². The third-order valence-electron chi connectivity index (χ3n) is 1.92. The summed E-state index contributed by atoms with van der Waals surface area (Å²) in [5.41, 5.74) is 0. The molecule has 1 atom stereocenters. The highest BCUT2D eigenvalue weighted by Gasteiger charge is 2.18. The number of hydrogen-bond acceptors (Lipinski definition) is 5. The zero-order chi connectivity index (χ0) is 12.4. The predicted octanol–water partition coefficient (Wildman–Crippen LogP) is 0.594. The fourth-order valence-corrected chi connectivity index (χ4v) is 1.08. The molecule has 1 unspecified atom stereocenters. The highest BCUT2D eigenvalue weighted by molar-refractivity contribution is 5.72. The standard InChI is InChI=1S/C10H16O6/c1-2-3-8(10(13)14)6-16-9(12)4-5-15-7-11/h7-8H,2-6H2,1H3,(H,13,14). The Labute approximate surface area is 93.5 Å². The molecule has 6 nitrogen and oxygen atoms in total. The first-order chi connectivity index (χ1) is 7.61. The molecule has 0 aliphatic heterocycles. The molecule has 0 spiro atoms. The summed E-state index contributed by atoms with van der Waals surface area (Å²) in [7, 11) is 0. The molecule has 0 saturated heterocycles. The molecule has 92 valence electrons. The first-order valence-electron chi connectivity index (χ1n) is 5.05. The number of carboxylic acids is 1. The largest absolute Gasteiger partial charge is 0.481 e. The summed E-state index contributed by atoms with van der Waals surface area (Å²) in [5.74, 6) is -2.20. The Morgan fingerprint density at radius 3 is 2.62 bits per heavy atom. The number of ether oxygens (including phenoxy) is 2. The van der Waals surface area contributed by atoms with Gasteiger partial charge in [-0.05, 0) is 6.42 Å². The van der Waals surface area contributed by atoms with Gasteiger partial charge in [0.2, 0.25) is 0 Å². The van der Waals surface area contributed by atoms with Crippen LogP contribution >= 0.6 is 0 Å². The number of carboxylic acid groups (broad SMARTS) is 1. The zero-order valence-corrected chi connectivity index (χ0v) is 9.18. The second-order valence-corrected chi connectivity index (χ2v) is 3.22. The van der Waals surface area contributed by atoms with Gasteiger partial charge in [-0.1, -0.05) is 13.3 Å². The quantitative estimate of drug-likeness (QED) is 0.355. The van der Waals surface area contributed by atoms with Crippen molar-refractivity contribution in [3.05, 3.63) is 0 Å². The van der Waals surface area contributed by atoms with Gasteiger partial charge in [0.15, 0.2) is 0 Å². The van der Waals surface area contributed by atoms with E-state index < -0.39 is 17.9 Å². The minimum absolute atomic E-state index is 0.0478. The third kappa shape index (κ3) is 6.80. The Morgan fingerprint density at radius 2 is 2.12 bits per heavy atom. The molecule has 1 N–H and O–H groups in total. The van der Waals surface area contributed by atoms with Crippen LogP contribution in [-0.2, 0) is 23.9 Å². The van der Waals surface area contributed by atoms with Crippen LogP contribution in [0.1, 0.15) is 26.2 Å². The molecule has 0 heterocycles. The molecule has 0 aromatic carbocycles. The van der Waals surface area contributed by atoms with Gasteiger partial charge in [0, 0.05) is 0 Å². The monoisotopic (exact) mass is 232 g/mol. The highest BCUT2D eigenvalue weighted by Crippen LogP contribution is 2.07. The van der Waals surface area contributed by atoms with E-state index in [9.17, 15) is 14.4 Å². The van der Waals surface area contributed by atoms with Gasteiger partial charge in [-0.3, -0.25) is 14.4 Å². The molecule has 0 bridgehead atoms. The fourth-order valence-electron chi connectivity index (χ4n) is 1.08. The van der Waals surface area contributed by atoms with Crippen molar-refractivity contribution < 1.29 is 29.0 Å². The first-order valence-corrected chi connectivity index (χ1v) is 5.05. The van der Waals surface area contributed by atoms with E-state index >= 15 is 0 Å². The molecular formula is C10H16O6. The maximum atomic E-state index is 11.0. The van der Waals surface area contributed by atoms with Crippen molar-refractivity contribution in [1.29, 1.82) is 0 Å². The van der Waals surface area contributed by atoms with Crippen LogP contribution in [0.4, 0.5) is 0 Å². The fraction of sp³-hybridized carbons (Fsp3) is 0.700. The molecule has 0 saturated carbocycles. The summed E-state index contributed by atoms with van der Waals surface area (Å²) in [5, 5.41) is 8.77. The summed E-state index contributed by atoms with van der Waals surface area (Å²) >= 11 is 0. The molecule has 0 aromatic heterocycles. The van der Waals surface area contributed by atoms with Crippen molar-refractivity contribution in [2.24, 2.45) is 5.92 Å². The molecule has 0 amide bonds. The summed E-state index contributed by atoms with van der Waals surface area (Å²) in [6, 6.07) is 0. The first kappa shape index (κ1) is 14.4. The Hall–Kier alpha value is -1.59. The average molecular weight is 232 g/mol. The van der Waals surface area contributed by atoms with E-state index in [4.69, 9.17) is 9.84 Å². The molecule has 0 fully saturated rings. The van der Waals surface area contributed by atoms with Crippen molar-refractivity contribution in [3.63, 3.8) is 0 Å². The number of rotatable bonds is 9. The Morgan fingerprint density at radius 1 is 1.44 bits per heavy atom. The molecule has 0 aliphatic carbocycles. The van der Waals surface area contributed by atoms with Crippen LogP contribution in [0.3, 0.4) is 0 Å². The lowest BCUT2D eigenvalue weighted by Crippen LogP contribution is -2.22. The lowest BCUT2D eigenvalue weighted by molar-refractivity contribution is -0.152. The van der Waals surface area contributed by atoms with Crippen molar-refractivity contribution >= 4 is 18.4 Å². The van der Waals surface area contributed by atoms with Crippen molar-refractivity contribution in [2.45, 2.75) is 26.2 Å². The highest BCUT2D eigenvalue weighted by atomic mass is 16.5. The molecule has 0 aromatic rings. The van der Waals surface area contributed by atoms with Crippen LogP contribution in [0.2, 0.25) is 0 Å². The smallest absolute Gasteiger partial charge is 0.309 e. The van der Waals surface area contributed by atoms with E-state index in [2.05, 4.69) is 4.74 Å². The van der Waals surface area contributed by atoms with Gasteiger partial charge >= 0.3 is 11.9 Å². The average Bonchev–Trinajstić information content (AvgIpc) is 2.24. The lowest BCUT2D eigenvalue weighted by atomic mass is 10.1. The topological polar surface area (TPSA) is 89.9 Å². The number of hydrogen-bond donors (Lipinski definition) is 1. The number of esters is 1. The van der Waals surface area contributed by atoms with Gasteiger partial charge in [0.05, 0.1) is 12.3 Å². The Balaban J connectivity index is 3.77. The van der Waals surface area contributed by atoms with Gasteiger partial charge in [-0.25, -0.2) is 0 Å². The van der Waals surface area contributed by atoms with Crippen LogP contribution in [0, 0.1) is 5.92 Å². The Kier molecular flexibility index (Phi) is 7.83. The Bertz CT molecular complexity index is 237. The summed E-state index contributed by atoms with van der Waals surface area (Å²) < 4.78 is 9.06. The number of carbonyl (C=O) groups excluding carboxylic acids is 2. The maximum absolute atomic E-state index is 11.0. The number of carbonyl (C=O) groups is 3. The summed E-state index contributed by atoms with van der Waals surface area (Å²) in [4.78, 5) is 31.5. The van der Waals surface area contributed by atoms with E-state index in [1.54, 1.807) is 0 Å². The predicted molar refractivity (Wildman–Crippen MR) is 53.6 cm³/mol. The van der Waals surface area contributed by atoms with E-state index in [-0.39, 0.29) is 26.1 Å². The summed E-state index contributed by atoms with van der Waals surface area (Å²) in [6.07, 6.45) is 1.12. The van der Waals surface area contributed by atoms with Crippen molar-refractivity contribution in [2.75, 3.05) is 13.2 Å². The van der Waals surface area contributed by atoms with Crippen LogP contribution in [0.15, 0.2) is 0 Å². The number of aliphatic carboxylic acids is 1. The molecule has 0 rings (SSSR count). The second-order valence-electron chi connectivity index (χ2n) is 3.22. The molecular weight excluding hydrogens is 216 g/mol. The van der Waals surface area contributed by atoms with Gasteiger partial charge in [0.1, 0.15) is 13.2 Å². The van der Waals surface area contributed by atoms with Gasteiger partial charge < -0.3 is 14.6 Å².